The molecule has 2 rings (SSSR count). The van der Waals surface area contributed by atoms with Crippen LogP contribution in [0.5, 0.6) is 0 Å². The number of halogens is 1. The van der Waals surface area contributed by atoms with Crippen LogP contribution in [0.4, 0.5) is 5.69 Å². The zero-order valence-corrected chi connectivity index (χ0v) is 14.5. The number of amides is 2. The molecule has 1 atom stereocenters. The quantitative estimate of drug-likeness (QED) is 0.812. The van der Waals surface area contributed by atoms with E-state index in [0.717, 1.165) is 28.6 Å². The summed E-state index contributed by atoms with van der Waals surface area (Å²) < 4.78 is 0.972. The maximum absolute atomic E-state index is 12.1. The monoisotopic (exact) mass is 364 g/mol. The summed E-state index contributed by atoms with van der Waals surface area (Å²) in [6, 6.07) is 5.67. The molecule has 0 saturated carbocycles. The highest BCUT2D eigenvalue weighted by Crippen LogP contribution is 2.21. The molecule has 5 heteroatoms. The van der Waals surface area contributed by atoms with E-state index in [-0.39, 0.29) is 18.4 Å². The van der Waals surface area contributed by atoms with E-state index in [9.17, 15) is 9.59 Å². The summed E-state index contributed by atoms with van der Waals surface area (Å²) in [5.41, 5.74) is 1.75. The van der Waals surface area contributed by atoms with Gasteiger partial charge in [-0.2, -0.15) is 0 Å². The summed E-state index contributed by atoms with van der Waals surface area (Å²) in [5.74, 6) is 0.161. The van der Waals surface area contributed by atoms with Crippen LogP contribution in [0.1, 0.15) is 24.8 Å². The lowest BCUT2D eigenvalue weighted by Gasteiger charge is -2.19. The molecule has 0 radical (unpaired) electrons. The summed E-state index contributed by atoms with van der Waals surface area (Å²) >= 11 is 3.39. The molecule has 0 saturated heterocycles. The average Bonchev–Trinajstić information content (AvgIpc) is 2.94. The Morgan fingerprint density at radius 3 is 2.82 bits per heavy atom. The molecular formula is C17H21BrN2O2. The van der Waals surface area contributed by atoms with E-state index in [1.807, 2.05) is 25.1 Å². The first-order valence-corrected chi connectivity index (χ1v) is 8.21. The SMILES string of the molecule is Cc1cc(Br)ccc1NC(=O)CN(C)C(=O)CC1C=CCC1. The van der Waals surface area contributed by atoms with Gasteiger partial charge < -0.3 is 10.2 Å². The van der Waals surface area contributed by atoms with Gasteiger partial charge in [0.15, 0.2) is 0 Å². The van der Waals surface area contributed by atoms with Crippen LogP contribution >= 0.6 is 15.9 Å². The van der Waals surface area contributed by atoms with E-state index in [1.54, 1.807) is 7.05 Å². The number of nitrogens with one attached hydrogen (secondary N) is 1. The number of anilines is 1. The van der Waals surface area contributed by atoms with E-state index in [1.165, 1.54) is 4.90 Å². The van der Waals surface area contributed by atoms with Gasteiger partial charge in [0.05, 0.1) is 6.54 Å². The Morgan fingerprint density at radius 2 is 2.18 bits per heavy atom. The van der Waals surface area contributed by atoms with E-state index >= 15 is 0 Å². The highest BCUT2D eigenvalue weighted by Gasteiger charge is 2.18. The van der Waals surface area contributed by atoms with E-state index in [0.29, 0.717) is 12.3 Å². The topological polar surface area (TPSA) is 49.4 Å². The summed E-state index contributed by atoms with van der Waals surface area (Å²) in [7, 11) is 1.68. The van der Waals surface area contributed by atoms with Crippen LogP contribution in [0.3, 0.4) is 0 Å². The van der Waals surface area contributed by atoms with Gasteiger partial charge in [0, 0.05) is 23.6 Å². The molecule has 0 heterocycles. The number of benzene rings is 1. The molecule has 1 aromatic carbocycles. The fourth-order valence-electron chi connectivity index (χ4n) is 2.51. The summed E-state index contributed by atoms with van der Waals surface area (Å²) in [6.07, 6.45) is 6.77. The molecule has 22 heavy (non-hydrogen) atoms. The second-order valence-corrected chi connectivity index (χ2v) is 6.64. The average molecular weight is 365 g/mol. The van der Waals surface area contributed by atoms with Gasteiger partial charge in [0.25, 0.3) is 0 Å². The molecule has 0 fully saturated rings. The van der Waals surface area contributed by atoms with Crippen LogP contribution in [-0.4, -0.2) is 30.3 Å². The third-order valence-corrected chi connectivity index (χ3v) is 4.31. The Kier molecular flexibility index (Phi) is 5.77. The molecule has 1 N–H and O–H groups in total. The maximum atomic E-state index is 12.1. The fourth-order valence-corrected chi connectivity index (χ4v) is 2.98. The lowest BCUT2D eigenvalue weighted by Crippen LogP contribution is -2.35. The predicted octanol–water partition coefficient (Wildman–Crippen LogP) is 3.51. The van der Waals surface area contributed by atoms with Crippen LogP contribution in [0, 0.1) is 12.8 Å². The van der Waals surface area contributed by atoms with Crippen molar-refractivity contribution in [3.05, 3.63) is 40.4 Å². The molecule has 0 bridgehead atoms. The Hall–Kier alpha value is -1.62. The van der Waals surface area contributed by atoms with Crippen molar-refractivity contribution in [3.63, 3.8) is 0 Å². The number of nitrogens with zero attached hydrogens (tertiary/aromatic N) is 1. The Labute approximate surface area is 139 Å². The van der Waals surface area contributed by atoms with Crippen LogP contribution in [0.2, 0.25) is 0 Å². The van der Waals surface area contributed by atoms with Gasteiger partial charge in [-0.05, 0) is 49.4 Å². The zero-order valence-electron chi connectivity index (χ0n) is 12.9. The van der Waals surface area contributed by atoms with E-state index in [2.05, 4.69) is 33.4 Å². The molecule has 0 aliphatic heterocycles. The number of carbonyl (C=O) groups is 2. The lowest BCUT2D eigenvalue weighted by atomic mass is 10.0. The van der Waals surface area contributed by atoms with Crippen LogP contribution < -0.4 is 5.32 Å². The smallest absolute Gasteiger partial charge is 0.243 e. The maximum Gasteiger partial charge on any atom is 0.243 e. The molecule has 1 unspecified atom stereocenters. The van der Waals surface area contributed by atoms with Gasteiger partial charge >= 0.3 is 0 Å². The van der Waals surface area contributed by atoms with Crippen LogP contribution in [0.15, 0.2) is 34.8 Å². The first-order valence-electron chi connectivity index (χ1n) is 7.42. The molecule has 0 aromatic heterocycles. The van der Waals surface area contributed by atoms with Crippen LogP contribution in [0.25, 0.3) is 0 Å². The predicted molar refractivity (Wildman–Crippen MR) is 91.6 cm³/mol. The van der Waals surface area contributed by atoms with Gasteiger partial charge in [-0.25, -0.2) is 0 Å². The van der Waals surface area contributed by atoms with E-state index in [4.69, 9.17) is 0 Å². The normalized spacial score (nSPS) is 16.6. The fraction of sp³-hybridized carbons (Fsp3) is 0.412. The molecule has 2 amide bonds. The van der Waals surface area contributed by atoms with E-state index < -0.39 is 0 Å². The van der Waals surface area contributed by atoms with Gasteiger partial charge in [0.2, 0.25) is 11.8 Å². The molecule has 0 spiro atoms. The van der Waals surface area contributed by atoms with Crippen molar-refractivity contribution in [2.45, 2.75) is 26.2 Å². The number of carbonyl (C=O) groups excluding carboxylic acids is 2. The largest absolute Gasteiger partial charge is 0.336 e. The van der Waals surface area contributed by atoms with Crippen molar-refractivity contribution in [1.29, 1.82) is 0 Å². The third kappa shape index (κ3) is 4.70. The van der Waals surface area contributed by atoms with Crippen LogP contribution in [-0.2, 0) is 9.59 Å². The zero-order chi connectivity index (χ0) is 16.1. The molecule has 1 aliphatic rings. The molecular weight excluding hydrogens is 344 g/mol. The standard InChI is InChI=1S/C17H21BrN2O2/c1-12-9-14(18)7-8-15(12)19-16(21)11-20(2)17(22)10-13-5-3-4-6-13/h3,5,7-9,13H,4,6,10-11H2,1-2H3,(H,19,21). The number of hydrogen-bond acceptors (Lipinski definition) is 2. The number of likely N-dealkylation sites (N-methyl/N-ethyl adjacent to an activating group) is 1. The first kappa shape index (κ1) is 16.7. The minimum absolute atomic E-state index is 0.0132. The van der Waals surface area contributed by atoms with Crippen molar-refractivity contribution in [2.24, 2.45) is 5.92 Å². The highest BCUT2D eigenvalue weighted by molar-refractivity contribution is 9.10. The molecule has 1 aliphatic carbocycles. The molecule has 118 valence electrons. The number of hydrogen-bond donors (Lipinski definition) is 1. The number of allylic oxidation sites excluding steroid dienone is 2. The molecule has 1 aromatic rings. The summed E-state index contributed by atoms with van der Waals surface area (Å²) in [6.45, 7) is 2.01. The van der Waals surface area contributed by atoms with Crippen molar-refractivity contribution in [2.75, 3.05) is 18.9 Å². The first-order chi connectivity index (χ1) is 10.5. The Balaban J connectivity index is 1.85. The summed E-state index contributed by atoms with van der Waals surface area (Å²) in [4.78, 5) is 25.7. The lowest BCUT2D eigenvalue weighted by molar-refractivity contribution is -0.133. The second kappa shape index (κ2) is 7.58. The van der Waals surface area contributed by atoms with Gasteiger partial charge in [-0.1, -0.05) is 28.1 Å². The minimum atomic E-state index is -0.178. The van der Waals surface area contributed by atoms with Gasteiger partial charge in [-0.15, -0.1) is 0 Å². The second-order valence-electron chi connectivity index (χ2n) is 5.73. The van der Waals surface area contributed by atoms with Gasteiger partial charge in [0.1, 0.15) is 0 Å². The summed E-state index contributed by atoms with van der Waals surface area (Å²) in [5, 5.41) is 2.85. The van der Waals surface area contributed by atoms with Gasteiger partial charge in [-0.3, -0.25) is 9.59 Å². The van der Waals surface area contributed by atoms with Crippen molar-refractivity contribution in [3.8, 4) is 0 Å². The number of rotatable bonds is 5. The minimum Gasteiger partial charge on any atom is -0.336 e. The highest BCUT2D eigenvalue weighted by atomic mass is 79.9. The Morgan fingerprint density at radius 1 is 1.41 bits per heavy atom. The third-order valence-electron chi connectivity index (χ3n) is 3.82. The van der Waals surface area contributed by atoms with Crippen molar-refractivity contribution in [1.82, 2.24) is 4.90 Å². The number of aryl methyl sites for hydroxylation is 1. The van der Waals surface area contributed by atoms with Crippen molar-refractivity contribution < 1.29 is 9.59 Å². The van der Waals surface area contributed by atoms with Crippen molar-refractivity contribution >= 4 is 33.4 Å². The Bertz CT molecular complexity index is 598. The molecule has 4 nitrogen and oxygen atoms in total.